The number of ketones is 1. The third kappa shape index (κ3) is 3.25. The summed E-state index contributed by atoms with van der Waals surface area (Å²) in [7, 11) is -0.540. The van der Waals surface area contributed by atoms with Gasteiger partial charge in [0.25, 0.3) is 0 Å². The predicted octanol–water partition coefficient (Wildman–Crippen LogP) is 2.71. The molecular weight excluding hydrogens is 227 g/mol. The van der Waals surface area contributed by atoms with Crippen LogP contribution in [0.15, 0.2) is 60.7 Å². The van der Waals surface area contributed by atoms with Gasteiger partial charge in [-0.25, -0.2) is 0 Å². The standard InChI is InChI=1S/C15H15OP/c1-13(16)12-17(14-8-4-2-5-9-14)15-10-6-3-7-11-15/h2-11H,12H2,1H3. The van der Waals surface area contributed by atoms with E-state index in [0.717, 1.165) is 0 Å². The van der Waals surface area contributed by atoms with Crippen LogP contribution >= 0.6 is 7.92 Å². The summed E-state index contributed by atoms with van der Waals surface area (Å²) in [6, 6.07) is 20.6. The van der Waals surface area contributed by atoms with Gasteiger partial charge >= 0.3 is 0 Å². The van der Waals surface area contributed by atoms with Gasteiger partial charge in [0, 0.05) is 6.16 Å². The van der Waals surface area contributed by atoms with E-state index in [2.05, 4.69) is 24.3 Å². The van der Waals surface area contributed by atoms with E-state index in [0.29, 0.717) is 6.16 Å². The molecule has 0 radical (unpaired) electrons. The van der Waals surface area contributed by atoms with Crippen molar-refractivity contribution >= 4 is 24.3 Å². The molecule has 1 nitrogen and oxygen atoms in total. The van der Waals surface area contributed by atoms with Gasteiger partial charge in [-0.15, -0.1) is 0 Å². The molecule has 0 unspecified atom stereocenters. The van der Waals surface area contributed by atoms with E-state index in [1.54, 1.807) is 6.92 Å². The van der Waals surface area contributed by atoms with Crippen LogP contribution in [0.3, 0.4) is 0 Å². The van der Waals surface area contributed by atoms with E-state index >= 15 is 0 Å². The maximum atomic E-state index is 11.4. The molecule has 0 bridgehead atoms. The van der Waals surface area contributed by atoms with E-state index in [-0.39, 0.29) is 5.78 Å². The van der Waals surface area contributed by atoms with Gasteiger partial charge in [-0.3, -0.25) is 4.79 Å². The summed E-state index contributed by atoms with van der Waals surface area (Å²) in [5.74, 6) is 0.254. The Kier molecular flexibility index (Phi) is 4.06. The minimum Gasteiger partial charge on any atom is -0.300 e. The van der Waals surface area contributed by atoms with Gasteiger partial charge in [-0.2, -0.15) is 0 Å². The molecule has 2 aromatic carbocycles. The smallest absolute Gasteiger partial charge is 0.134 e. The molecule has 0 aliphatic heterocycles. The fourth-order valence-electron chi connectivity index (χ4n) is 1.77. The van der Waals surface area contributed by atoms with Crippen molar-refractivity contribution in [3.05, 3.63) is 60.7 Å². The van der Waals surface area contributed by atoms with Gasteiger partial charge in [0.05, 0.1) is 0 Å². The summed E-state index contributed by atoms with van der Waals surface area (Å²) < 4.78 is 0. The van der Waals surface area contributed by atoms with E-state index < -0.39 is 7.92 Å². The SMILES string of the molecule is CC(=O)CP(c1ccccc1)c1ccccc1. The average molecular weight is 242 g/mol. The molecule has 0 N–H and O–H groups in total. The third-order valence-electron chi connectivity index (χ3n) is 2.52. The highest BCUT2D eigenvalue weighted by Crippen LogP contribution is 2.32. The minimum atomic E-state index is -0.540. The highest BCUT2D eigenvalue weighted by molar-refractivity contribution is 7.73. The van der Waals surface area contributed by atoms with E-state index in [1.807, 2.05) is 36.4 Å². The molecule has 17 heavy (non-hydrogen) atoms. The van der Waals surface area contributed by atoms with Gasteiger partial charge in [0.1, 0.15) is 5.78 Å². The number of hydrogen-bond acceptors (Lipinski definition) is 1. The Morgan fingerprint density at radius 1 is 0.882 bits per heavy atom. The van der Waals surface area contributed by atoms with Crippen LogP contribution in [0.5, 0.6) is 0 Å². The topological polar surface area (TPSA) is 17.1 Å². The molecule has 2 heteroatoms. The number of carbonyl (C=O) groups excluding carboxylic acids is 1. The zero-order valence-corrected chi connectivity index (χ0v) is 10.7. The largest absolute Gasteiger partial charge is 0.300 e. The Balaban J connectivity index is 2.36. The zero-order valence-electron chi connectivity index (χ0n) is 9.84. The highest BCUT2D eigenvalue weighted by atomic mass is 31.1. The Bertz CT molecular complexity index is 439. The van der Waals surface area contributed by atoms with E-state index in [4.69, 9.17) is 0 Å². The molecule has 0 saturated heterocycles. The summed E-state index contributed by atoms with van der Waals surface area (Å²) in [4.78, 5) is 11.4. The normalized spacial score (nSPS) is 10.5. The van der Waals surface area contributed by atoms with Crippen LogP contribution in [0, 0.1) is 0 Å². The summed E-state index contributed by atoms with van der Waals surface area (Å²) >= 11 is 0. The molecule has 2 rings (SSSR count). The molecule has 0 fully saturated rings. The first kappa shape index (κ1) is 12.0. The number of rotatable bonds is 4. The van der Waals surface area contributed by atoms with Gasteiger partial charge in [-0.05, 0) is 25.5 Å². The highest BCUT2D eigenvalue weighted by Gasteiger charge is 2.14. The second-order valence-electron chi connectivity index (χ2n) is 3.96. The molecule has 0 saturated carbocycles. The van der Waals surface area contributed by atoms with Crippen LogP contribution in [0.25, 0.3) is 0 Å². The van der Waals surface area contributed by atoms with Crippen molar-refractivity contribution in [2.24, 2.45) is 0 Å². The molecule has 0 amide bonds. The number of hydrogen-bond donors (Lipinski definition) is 0. The van der Waals surface area contributed by atoms with Gasteiger partial charge in [0.15, 0.2) is 0 Å². The van der Waals surface area contributed by atoms with Crippen molar-refractivity contribution in [2.75, 3.05) is 6.16 Å². The first-order valence-electron chi connectivity index (χ1n) is 5.64. The van der Waals surface area contributed by atoms with Gasteiger partial charge < -0.3 is 0 Å². The predicted molar refractivity (Wildman–Crippen MR) is 74.6 cm³/mol. The molecule has 0 heterocycles. The van der Waals surface area contributed by atoms with Crippen LogP contribution in [0.1, 0.15) is 6.92 Å². The lowest BCUT2D eigenvalue weighted by molar-refractivity contribution is -0.114. The van der Waals surface area contributed by atoms with Crippen LogP contribution in [-0.2, 0) is 4.79 Å². The first-order chi connectivity index (χ1) is 8.27. The molecular formula is C15H15OP. The van der Waals surface area contributed by atoms with Crippen molar-refractivity contribution in [3.63, 3.8) is 0 Å². The fourth-order valence-corrected chi connectivity index (χ4v) is 3.94. The van der Waals surface area contributed by atoms with Gasteiger partial charge in [0.2, 0.25) is 0 Å². The molecule has 0 aliphatic rings. The maximum Gasteiger partial charge on any atom is 0.134 e. The average Bonchev–Trinajstić information content (AvgIpc) is 2.38. The number of carbonyl (C=O) groups is 1. The van der Waals surface area contributed by atoms with Crippen LogP contribution < -0.4 is 10.6 Å². The lowest BCUT2D eigenvalue weighted by Gasteiger charge is -2.16. The third-order valence-corrected chi connectivity index (χ3v) is 5.12. The molecule has 0 atom stereocenters. The second-order valence-corrected chi connectivity index (χ2v) is 6.16. The molecule has 2 aromatic rings. The number of benzene rings is 2. The summed E-state index contributed by atoms with van der Waals surface area (Å²) in [5.41, 5.74) is 0. The lowest BCUT2D eigenvalue weighted by atomic mass is 10.4. The van der Waals surface area contributed by atoms with Crippen molar-refractivity contribution in [1.29, 1.82) is 0 Å². The van der Waals surface area contributed by atoms with Crippen molar-refractivity contribution < 1.29 is 4.79 Å². The molecule has 86 valence electrons. The fraction of sp³-hybridized carbons (Fsp3) is 0.133. The molecule has 0 spiro atoms. The first-order valence-corrected chi connectivity index (χ1v) is 7.17. The summed E-state index contributed by atoms with van der Waals surface area (Å²) in [6.07, 6.45) is 0.628. The van der Waals surface area contributed by atoms with Crippen LogP contribution in [0.4, 0.5) is 0 Å². The second kappa shape index (κ2) is 5.75. The van der Waals surface area contributed by atoms with Gasteiger partial charge in [-0.1, -0.05) is 60.7 Å². The van der Waals surface area contributed by atoms with Crippen molar-refractivity contribution in [3.8, 4) is 0 Å². The van der Waals surface area contributed by atoms with Crippen molar-refractivity contribution in [2.45, 2.75) is 6.92 Å². The summed E-state index contributed by atoms with van der Waals surface area (Å²) in [5, 5.41) is 2.54. The minimum absolute atomic E-state index is 0.254. The number of Topliss-reactive ketones (excluding diaryl/α,β-unsaturated/α-hetero) is 1. The van der Waals surface area contributed by atoms with E-state index in [9.17, 15) is 4.79 Å². The molecule has 0 aliphatic carbocycles. The van der Waals surface area contributed by atoms with Crippen molar-refractivity contribution in [1.82, 2.24) is 0 Å². The summed E-state index contributed by atoms with van der Waals surface area (Å²) in [6.45, 7) is 1.67. The lowest BCUT2D eigenvalue weighted by Crippen LogP contribution is -2.16. The Morgan fingerprint density at radius 3 is 1.65 bits per heavy atom. The van der Waals surface area contributed by atoms with E-state index in [1.165, 1.54) is 10.6 Å². The Hall–Kier alpha value is -1.46. The maximum absolute atomic E-state index is 11.4. The quantitative estimate of drug-likeness (QED) is 0.753. The van der Waals surface area contributed by atoms with Crippen LogP contribution in [0.2, 0.25) is 0 Å². The monoisotopic (exact) mass is 242 g/mol. The van der Waals surface area contributed by atoms with Crippen LogP contribution in [-0.4, -0.2) is 11.9 Å². The Labute approximate surface area is 103 Å². The molecule has 0 aromatic heterocycles. The Morgan fingerprint density at radius 2 is 1.29 bits per heavy atom. The zero-order chi connectivity index (χ0) is 12.1.